The van der Waals surface area contributed by atoms with Crippen LogP contribution in [0.15, 0.2) is 54.6 Å². The first-order valence-corrected chi connectivity index (χ1v) is 7.96. The number of fused-ring (bicyclic) bond motifs is 3. The van der Waals surface area contributed by atoms with Crippen molar-refractivity contribution in [3.05, 3.63) is 59.9 Å². The Bertz CT molecular complexity index is 953. The highest BCUT2D eigenvalue weighted by molar-refractivity contribution is 7.16. The Balaban J connectivity index is 0.00000192. The fraction of sp³-hybridized carbons (Fsp3) is 0.167. The van der Waals surface area contributed by atoms with Crippen LogP contribution in [0.5, 0.6) is 5.75 Å². The average Bonchev–Trinajstić information content (AvgIpc) is 2.90. The summed E-state index contributed by atoms with van der Waals surface area (Å²) >= 11 is 1.60. The molecule has 1 aromatic heterocycles. The molecule has 3 aromatic rings. The molecule has 0 saturated carbocycles. The molecule has 0 unspecified atom stereocenters. The van der Waals surface area contributed by atoms with Crippen LogP contribution in [-0.2, 0) is 6.54 Å². The van der Waals surface area contributed by atoms with Crippen LogP contribution in [0.2, 0.25) is 0 Å². The molecule has 0 fully saturated rings. The van der Waals surface area contributed by atoms with Crippen molar-refractivity contribution in [2.75, 3.05) is 6.54 Å². The number of phenols is 1. The monoisotopic (exact) mass is 346 g/mol. The number of rotatable bonds is 4. The van der Waals surface area contributed by atoms with Crippen LogP contribution in [0.3, 0.4) is 0 Å². The molecule has 3 nitrogen and oxygen atoms in total. The van der Waals surface area contributed by atoms with Gasteiger partial charge in [0.15, 0.2) is 4.80 Å². The Morgan fingerprint density at radius 3 is 2.57 bits per heavy atom. The molecule has 0 amide bonds. The van der Waals surface area contributed by atoms with Crippen molar-refractivity contribution in [1.82, 2.24) is 4.57 Å². The summed E-state index contributed by atoms with van der Waals surface area (Å²) in [5.74, 6) is 0.352. The molecular weight excluding hydrogens is 328 g/mol. The molecule has 1 heterocycles. The van der Waals surface area contributed by atoms with E-state index in [0.29, 0.717) is 18.8 Å². The average molecular weight is 347 g/mol. The summed E-state index contributed by atoms with van der Waals surface area (Å²) in [7, 11) is 0. The maximum absolute atomic E-state index is 10.5. The number of halogens is 1. The predicted molar refractivity (Wildman–Crippen MR) is 102 cm³/mol. The first-order chi connectivity index (χ1) is 10.7. The van der Waals surface area contributed by atoms with Gasteiger partial charge < -0.3 is 9.67 Å². The molecule has 120 valence electrons. The lowest BCUT2D eigenvalue weighted by Crippen LogP contribution is -2.14. The molecule has 0 bridgehead atoms. The van der Waals surface area contributed by atoms with Crippen LogP contribution in [0.1, 0.15) is 5.56 Å². The van der Waals surface area contributed by atoms with E-state index in [9.17, 15) is 5.11 Å². The number of nitrogens with zero attached hydrogens (tertiary/aromatic N) is 2. The topological polar surface area (TPSA) is 37.5 Å². The van der Waals surface area contributed by atoms with Gasteiger partial charge in [-0.15, -0.1) is 25.6 Å². The molecule has 3 rings (SSSR count). The van der Waals surface area contributed by atoms with Crippen molar-refractivity contribution < 1.29 is 5.11 Å². The highest BCUT2D eigenvalue weighted by atomic mass is 35.5. The van der Waals surface area contributed by atoms with Crippen molar-refractivity contribution in [3.63, 3.8) is 0 Å². The standard InChI is InChI=1S/C18H18N2OS.ClH/c1-4-10-19-18-20(11-5-2)15-13-8-6-7-9-14(13)16(21)12(3)17(15)22-18;/h4-9,21H,1-2,10-11H2,3H3;1H. The maximum Gasteiger partial charge on any atom is 0.186 e. The van der Waals surface area contributed by atoms with E-state index in [1.807, 2.05) is 37.3 Å². The maximum atomic E-state index is 10.5. The quantitative estimate of drug-likeness (QED) is 0.690. The molecule has 2 aromatic carbocycles. The lowest BCUT2D eigenvalue weighted by molar-refractivity contribution is 0.478. The lowest BCUT2D eigenvalue weighted by atomic mass is 10.0. The third kappa shape index (κ3) is 2.80. The minimum Gasteiger partial charge on any atom is -0.507 e. The highest BCUT2D eigenvalue weighted by Gasteiger charge is 2.15. The Morgan fingerprint density at radius 2 is 1.91 bits per heavy atom. The van der Waals surface area contributed by atoms with Crippen LogP contribution >= 0.6 is 23.7 Å². The van der Waals surface area contributed by atoms with Gasteiger partial charge in [0.1, 0.15) is 5.75 Å². The van der Waals surface area contributed by atoms with Crippen molar-refractivity contribution in [2.45, 2.75) is 13.5 Å². The summed E-state index contributed by atoms with van der Waals surface area (Å²) in [5.41, 5.74) is 2.01. The van der Waals surface area contributed by atoms with E-state index in [4.69, 9.17) is 0 Å². The number of aryl methyl sites for hydroxylation is 1. The highest BCUT2D eigenvalue weighted by Crippen LogP contribution is 2.37. The van der Waals surface area contributed by atoms with Gasteiger partial charge in [-0.25, -0.2) is 0 Å². The second-order valence-electron chi connectivity index (χ2n) is 5.11. The van der Waals surface area contributed by atoms with Crippen molar-refractivity contribution >= 4 is 44.7 Å². The Kier molecular flexibility index (Phi) is 5.29. The zero-order chi connectivity index (χ0) is 15.7. The van der Waals surface area contributed by atoms with Crippen LogP contribution in [0.4, 0.5) is 0 Å². The molecule has 0 aliphatic rings. The third-order valence-corrected chi connectivity index (χ3v) is 4.95. The Hall–Kier alpha value is -2.04. The van der Waals surface area contributed by atoms with Crippen LogP contribution in [0.25, 0.3) is 21.0 Å². The van der Waals surface area contributed by atoms with E-state index in [-0.39, 0.29) is 12.4 Å². The zero-order valence-corrected chi connectivity index (χ0v) is 14.6. The van der Waals surface area contributed by atoms with Crippen molar-refractivity contribution in [3.8, 4) is 5.75 Å². The number of phenolic OH excluding ortho intramolecular Hbond substituents is 1. The second-order valence-corrected chi connectivity index (χ2v) is 6.09. The first kappa shape index (κ1) is 17.3. The third-order valence-electron chi connectivity index (χ3n) is 3.71. The van der Waals surface area contributed by atoms with Gasteiger partial charge in [-0.3, -0.25) is 4.99 Å². The van der Waals surface area contributed by atoms with Gasteiger partial charge >= 0.3 is 0 Å². The molecule has 0 radical (unpaired) electrons. The molecule has 0 aliphatic heterocycles. The van der Waals surface area contributed by atoms with E-state index >= 15 is 0 Å². The zero-order valence-electron chi connectivity index (χ0n) is 13.0. The van der Waals surface area contributed by atoms with E-state index in [1.54, 1.807) is 17.4 Å². The predicted octanol–water partition coefficient (Wildman–Crippen LogP) is 4.56. The summed E-state index contributed by atoms with van der Waals surface area (Å²) in [6, 6.07) is 7.93. The lowest BCUT2D eigenvalue weighted by Gasteiger charge is -2.09. The molecule has 0 saturated heterocycles. The smallest absolute Gasteiger partial charge is 0.186 e. The van der Waals surface area contributed by atoms with E-state index in [1.165, 1.54) is 0 Å². The minimum absolute atomic E-state index is 0. The van der Waals surface area contributed by atoms with Gasteiger partial charge in [0.05, 0.1) is 16.8 Å². The van der Waals surface area contributed by atoms with Gasteiger partial charge in [-0.2, -0.15) is 0 Å². The largest absolute Gasteiger partial charge is 0.507 e. The summed E-state index contributed by atoms with van der Waals surface area (Å²) in [6.07, 6.45) is 3.65. The first-order valence-electron chi connectivity index (χ1n) is 7.15. The molecule has 1 N–H and O–H groups in total. The molecule has 23 heavy (non-hydrogen) atoms. The summed E-state index contributed by atoms with van der Waals surface area (Å²) in [6.45, 7) is 10.8. The number of allylic oxidation sites excluding steroid dienone is 1. The number of aromatic nitrogens is 1. The Labute approximate surface area is 145 Å². The molecule has 0 atom stereocenters. The number of benzene rings is 2. The summed E-state index contributed by atoms with van der Waals surface area (Å²) < 4.78 is 3.23. The molecule has 0 spiro atoms. The minimum atomic E-state index is 0. The van der Waals surface area contributed by atoms with Crippen LogP contribution in [0, 0.1) is 6.92 Å². The summed E-state index contributed by atoms with van der Waals surface area (Å²) in [5, 5.41) is 12.4. The SMILES string of the molecule is C=CCN=c1sc2c(C)c(O)c3ccccc3c2n1CC=C.Cl. The fourth-order valence-corrected chi connectivity index (χ4v) is 3.86. The van der Waals surface area contributed by atoms with Gasteiger partial charge in [0.25, 0.3) is 0 Å². The summed E-state index contributed by atoms with van der Waals surface area (Å²) in [4.78, 5) is 5.52. The number of aromatic hydroxyl groups is 1. The number of hydrogen-bond donors (Lipinski definition) is 1. The number of hydrogen-bond acceptors (Lipinski definition) is 3. The molecule has 0 aliphatic carbocycles. The molecular formula is C18H19ClN2OS. The van der Waals surface area contributed by atoms with E-state index in [2.05, 4.69) is 22.7 Å². The van der Waals surface area contributed by atoms with E-state index < -0.39 is 0 Å². The fourth-order valence-electron chi connectivity index (χ4n) is 2.70. The van der Waals surface area contributed by atoms with Gasteiger partial charge in [0.2, 0.25) is 0 Å². The Morgan fingerprint density at radius 1 is 1.22 bits per heavy atom. The van der Waals surface area contributed by atoms with Gasteiger partial charge in [-0.1, -0.05) is 47.8 Å². The normalized spacial score (nSPS) is 11.6. The van der Waals surface area contributed by atoms with Crippen LogP contribution in [-0.4, -0.2) is 16.2 Å². The van der Waals surface area contributed by atoms with Crippen molar-refractivity contribution in [1.29, 1.82) is 0 Å². The number of thiazole rings is 1. The van der Waals surface area contributed by atoms with Crippen LogP contribution < -0.4 is 4.80 Å². The second kappa shape index (κ2) is 7.02. The molecule has 5 heteroatoms. The van der Waals surface area contributed by atoms with Crippen molar-refractivity contribution in [2.24, 2.45) is 4.99 Å². The van der Waals surface area contributed by atoms with Gasteiger partial charge in [-0.05, 0) is 6.92 Å². The van der Waals surface area contributed by atoms with Gasteiger partial charge in [0, 0.05) is 22.9 Å². The van der Waals surface area contributed by atoms with E-state index in [0.717, 1.165) is 31.4 Å².